The van der Waals surface area contributed by atoms with E-state index >= 15 is 0 Å². The zero-order chi connectivity index (χ0) is 17.9. The second kappa shape index (κ2) is 10.8. The van der Waals surface area contributed by atoms with Gasteiger partial charge in [-0.25, -0.2) is 0 Å². The lowest BCUT2D eigenvalue weighted by Gasteiger charge is -2.29. The standard InChI is InChI=1S/C19H30N2O3/c1-4-17(13-19(24)20-10-11-22)21(3)14-15(2)12-16-6-5-7-18(23)9-8-16/h5-8,11,15,17,23H,4,9-10,12-14H2,1-3H3,(H,20,24). The van der Waals surface area contributed by atoms with Gasteiger partial charge >= 0.3 is 0 Å². The minimum absolute atomic E-state index is 0.0792. The lowest BCUT2D eigenvalue weighted by Crippen LogP contribution is -2.39. The lowest BCUT2D eigenvalue weighted by molar-refractivity contribution is -0.123. The van der Waals surface area contributed by atoms with Crippen LogP contribution in [0, 0.1) is 5.92 Å². The molecule has 0 saturated carbocycles. The Morgan fingerprint density at radius 3 is 2.92 bits per heavy atom. The number of aliphatic hydroxyl groups is 1. The Morgan fingerprint density at radius 2 is 2.25 bits per heavy atom. The molecule has 1 amide bonds. The van der Waals surface area contributed by atoms with Gasteiger partial charge < -0.3 is 20.1 Å². The van der Waals surface area contributed by atoms with Crippen LogP contribution in [0.15, 0.2) is 35.6 Å². The second-order valence-electron chi connectivity index (χ2n) is 6.49. The first kappa shape index (κ1) is 20.2. The van der Waals surface area contributed by atoms with Gasteiger partial charge in [0.15, 0.2) is 0 Å². The summed E-state index contributed by atoms with van der Waals surface area (Å²) in [4.78, 5) is 24.3. The van der Waals surface area contributed by atoms with Gasteiger partial charge in [0.1, 0.15) is 6.29 Å². The third-order valence-electron chi connectivity index (χ3n) is 4.25. The zero-order valence-corrected chi connectivity index (χ0v) is 15.0. The van der Waals surface area contributed by atoms with Crippen LogP contribution in [0.25, 0.3) is 0 Å². The summed E-state index contributed by atoms with van der Waals surface area (Å²) < 4.78 is 0. The fraction of sp³-hybridized carbons (Fsp3) is 0.579. The number of allylic oxidation sites excluding steroid dienone is 5. The molecule has 1 aliphatic carbocycles. The number of rotatable bonds is 10. The van der Waals surface area contributed by atoms with Crippen molar-refractivity contribution in [1.29, 1.82) is 0 Å². The topological polar surface area (TPSA) is 69.6 Å². The van der Waals surface area contributed by atoms with Crippen molar-refractivity contribution in [2.45, 2.75) is 45.6 Å². The van der Waals surface area contributed by atoms with E-state index in [0.717, 1.165) is 19.4 Å². The average Bonchev–Trinajstić information content (AvgIpc) is 2.74. The number of carbonyl (C=O) groups excluding carboxylic acids is 2. The van der Waals surface area contributed by atoms with Crippen molar-refractivity contribution in [3.8, 4) is 0 Å². The molecule has 0 radical (unpaired) electrons. The Kier molecular flexibility index (Phi) is 9.08. The van der Waals surface area contributed by atoms with Crippen molar-refractivity contribution in [2.24, 2.45) is 5.92 Å². The number of aldehydes is 1. The highest BCUT2D eigenvalue weighted by atomic mass is 16.3. The summed E-state index contributed by atoms with van der Waals surface area (Å²) in [6.45, 7) is 5.24. The molecule has 0 spiro atoms. The van der Waals surface area contributed by atoms with Gasteiger partial charge in [0.25, 0.3) is 0 Å². The van der Waals surface area contributed by atoms with Crippen LogP contribution in [0.2, 0.25) is 0 Å². The molecule has 5 heteroatoms. The molecular weight excluding hydrogens is 304 g/mol. The Balaban J connectivity index is 2.47. The van der Waals surface area contributed by atoms with Crippen LogP contribution in [0.3, 0.4) is 0 Å². The highest BCUT2D eigenvalue weighted by Gasteiger charge is 2.19. The van der Waals surface area contributed by atoms with Crippen LogP contribution >= 0.6 is 0 Å². The maximum Gasteiger partial charge on any atom is 0.221 e. The molecule has 0 aromatic carbocycles. The van der Waals surface area contributed by atoms with E-state index in [0.29, 0.717) is 30.8 Å². The molecule has 0 aromatic heterocycles. The Bertz CT molecular complexity index is 509. The van der Waals surface area contributed by atoms with Crippen molar-refractivity contribution in [3.05, 3.63) is 35.6 Å². The number of hydrogen-bond acceptors (Lipinski definition) is 4. The Hall–Kier alpha value is -1.88. The van der Waals surface area contributed by atoms with Gasteiger partial charge in [-0.1, -0.05) is 37.6 Å². The zero-order valence-electron chi connectivity index (χ0n) is 15.0. The van der Waals surface area contributed by atoms with Crippen molar-refractivity contribution in [2.75, 3.05) is 20.1 Å². The third kappa shape index (κ3) is 7.59. The summed E-state index contributed by atoms with van der Waals surface area (Å²) >= 11 is 0. The van der Waals surface area contributed by atoms with Crippen LogP contribution in [-0.2, 0) is 9.59 Å². The lowest BCUT2D eigenvalue weighted by atomic mass is 9.98. The first-order chi connectivity index (χ1) is 11.5. The molecule has 0 aromatic rings. The maximum absolute atomic E-state index is 11.8. The minimum atomic E-state index is -0.0792. The molecule has 2 N–H and O–H groups in total. The van der Waals surface area contributed by atoms with Gasteiger partial charge in [-0.05, 0) is 31.9 Å². The summed E-state index contributed by atoms with van der Waals surface area (Å²) in [6.07, 6.45) is 11.2. The van der Waals surface area contributed by atoms with E-state index in [1.807, 2.05) is 19.2 Å². The summed E-state index contributed by atoms with van der Waals surface area (Å²) in [6, 6.07) is 0.170. The maximum atomic E-state index is 11.8. The van der Waals surface area contributed by atoms with Gasteiger partial charge in [-0.2, -0.15) is 0 Å². The van der Waals surface area contributed by atoms with Gasteiger partial charge in [0, 0.05) is 25.4 Å². The fourth-order valence-corrected chi connectivity index (χ4v) is 2.97. The molecule has 0 bridgehead atoms. The molecule has 1 rings (SSSR count). The predicted molar refractivity (Wildman–Crippen MR) is 96.7 cm³/mol. The van der Waals surface area contributed by atoms with E-state index in [4.69, 9.17) is 0 Å². The number of carbonyl (C=O) groups is 2. The van der Waals surface area contributed by atoms with Gasteiger partial charge in [0.05, 0.1) is 12.3 Å². The summed E-state index contributed by atoms with van der Waals surface area (Å²) in [5, 5.41) is 12.1. The Morgan fingerprint density at radius 1 is 1.50 bits per heavy atom. The van der Waals surface area contributed by atoms with Crippen molar-refractivity contribution in [1.82, 2.24) is 10.2 Å². The molecule has 2 unspecified atom stereocenters. The molecule has 0 fully saturated rings. The van der Waals surface area contributed by atoms with Crippen LogP contribution in [-0.4, -0.2) is 48.4 Å². The SMILES string of the molecule is CCC(CC(=O)NCC=O)N(C)CC(C)CC1=CCC(O)=CC=C1. The van der Waals surface area contributed by atoms with E-state index in [1.165, 1.54) is 5.57 Å². The van der Waals surface area contributed by atoms with Crippen LogP contribution in [0.4, 0.5) is 0 Å². The molecule has 5 nitrogen and oxygen atoms in total. The molecule has 134 valence electrons. The first-order valence-electron chi connectivity index (χ1n) is 8.62. The number of hydrogen-bond donors (Lipinski definition) is 2. The molecular formula is C19H30N2O3. The van der Waals surface area contributed by atoms with E-state index in [2.05, 4.69) is 30.1 Å². The number of amides is 1. The van der Waals surface area contributed by atoms with E-state index in [1.54, 1.807) is 6.08 Å². The van der Waals surface area contributed by atoms with E-state index in [-0.39, 0.29) is 18.5 Å². The fourth-order valence-electron chi connectivity index (χ4n) is 2.97. The highest BCUT2D eigenvalue weighted by molar-refractivity contribution is 5.78. The molecule has 0 saturated heterocycles. The van der Waals surface area contributed by atoms with Gasteiger partial charge in [-0.3, -0.25) is 4.79 Å². The van der Waals surface area contributed by atoms with Crippen molar-refractivity contribution >= 4 is 12.2 Å². The number of aliphatic hydroxyl groups excluding tert-OH is 1. The van der Waals surface area contributed by atoms with Crippen molar-refractivity contribution < 1.29 is 14.7 Å². The third-order valence-corrected chi connectivity index (χ3v) is 4.25. The van der Waals surface area contributed by atoms with E-state index in [9.17, 15) is 14.7 Å². The molecule has 0 heterocycles. The van der Waals surface area contributed by atoms with Gasteiger partial charge in [-0.15, -0.1) is 0 Å². The second-order valence-corrected chi connectivity index (χ2v) is 6.49. The van der Waals surface area contributed by atoms with Crippen LogP contribution in [0.5, 0.6) is 0 Å². The molecule has 0 aliphatic heterocycles. The Labute approximate surface area is 145 Å². The smallest absolute Gasteiger partial charge is 0.221 e. The summed E-state index contributed by atoms with van der Waals surface area (Å²) in [7, 11) is 2.04. The van der Waals surface area contributed by atoms with Crippen LogP contribution < -0.4 is 5.32 Å². The normalized spacial score (nSPS) is 16.8. The number of nitrogens with zero attached hydrogens (tertiary/aromatic N) is 1. The average molecular weight is 334 g/mol. The highest BCUT2D eigenvalue weighted by Crippen LogP contribution is 2.19. The number of nitrogens with one attached hydrogen (secondary N) is 1. The predicted octanol–water partition coefficient (Wildman–Crippen LogP) is 2.76. The largest absolute Gasteiger partial charge is 0.512 e. The summed E-state index contributed by atoms with van der Waals surface area (Å²) in [5.41, 5.74) is 1.23. The molecule has 24 heavy (non-hydrogen) atoms. The van der Waals surface area contributed by atoms with Gasteiger partial charge in [0.2, 0.25) is 5.91 Å². The van der Waals surface area contributed by atoms with E-state index < -0.39 is 0 Å². The minimum Gasteiger partial charge on any atom is -0.512 e. The molecule has 2 atom stereocenters. The monoisotopic (exact) mass is 334 g/mol. The van der Waals surface area contributed by atoms with Crippen LogP contribution in [0.1, 0.15) is 39.5 Å². The first-order valence-corrected chi connectivity index (χ1v) is 8.62. The summed E-state index contributed by atoms with van der Waals surface area (Å²) in [5.74, 6) is 0.751. The van der Waals surface area contributed by atoms with Crippen molar-refractivity contribution in [3.63, 3.8) is 0 Å². The quantitative estimate of drug-likeness (QED) is 0.603. The molecule has 1 aliphatic rings.